The summed E-state index contributed by atoms with van der Waals surface area (Å²) in [5.41, 5.74) is 0.689. The van der Waals surface area contributed by atoms with Gasteiger partial charge in [0.05, 0.1) is 10.7 Å². The van der Waals surface area contributed by atoms with Crippen LogP contribution in [0.15, 0.2) is 18.3 Å². The van der Waals surface area contributed by atoms with Crippen molar-refractivity contribution in [1.82, 2.24) is 4.98 Å². The fourth-order valence-electron chi connectivity index (χ4n) is 0.667. The van der Waals surface area contributed by atoms with Gasteiger partial charge in [-0.3, -0.25) is 9.78 Å². The second kappa shape index (κ2) is 4.07. The van der Waals surface area contributed by atoms with Crippen LogP contribution in [0.4, 0.5) is 0 Å². The fourth-order valence-corrected chi connectivity index (χ4v) is 0.779. The highest BCUT2D eigenvalue weighted by molar-refractivity contribution is 6.30. The first-order valence-electron chi connectivity index (χ1n) is 3.42. The first-order chi connectivity index (χ1) is 5.68. The maximum Gasteiger partial charge on any atom is 0.303 e. The van der Waals surface area contributed by atoms with E-state index in [0.29, 0.717) is 10.7 Å². The molecule has 0 fully saturated rings. The van der Waals surface area contributed by atoms with Gasteiger partial charge in [-0.25, -0.2) is 0 Å². The number of carbonyl (C=O) groups excluding carboxylic acids is 1. The molecule has 0 spiro atoms. The van der Waals surface area contributed by atoms with E-state index in [9.17, 15) is 4.79 Å². The van der Waals surface area contributed by atoms with Crippen LogP contribution in [0.25, 0.3) is 0 Å². The smallest absolute Gasteiger partial charge is 0.303 e. The lowest BCUT2D eigenvalue weighted by molar-refractivity contribution is -0.142. The largest absolute Gasteiger partial charge is 0.459 e. The highest BCUT2D eigenvalue weighted by Gasteiger charge is 1.96. The zero-order chi connectivity index (χ0) is 8.97. The van der Waals surface area contributed by atoms with Gasteiger partial charge in [-0.1, -0.05) is 11.6 Å². The van der Waals surface area contributed by atoms with Gasteiger partial charge in [0.1, 0.15) is 6.61 Å². The van der Waals surface area contributed by atoms with Crippen LogP contribution in [0.2, 0.25) is 5.02 Å². The van der Waals surface area contributed by atoms with Gasteiger partial charge in [0.2, 0.25) is 0 Å². The topological polar surface area (TPSA) is 39.2 Å². The Labute approximate surface area is 75.3 Å². The number of pyridine rings is 1. The van der Waals surface area contributed by atoms with Gasteiger partial charge in [0.25, 0.3) is 0 Å². The molecule has 1 aromatic rings. The van der Waals surface area contributed by atoms with Crippen molar-refractivity contribution in [2.75, 3.05) is 0 Å². The molecule has 0 aliphatic rings. The molecular formula is C8H8ClNO2. The number of hydrogen-bond acceptors (Lipinski definition) is 3. The van der Waals surface area contributed by atoms with E-state index in [1.807, 2.05) is 0 Å². The van der Waals surface area contributed by atoms with Gasteiger partial charge < -0.3 is 4.74 Å². The molecule has 0 saturated heterocycles. The Morgan fingerprint density at radius 3 is 2.92 bits per heavy atom. The molecule has 0 radical (unpaired) electrons. The lowest BCUT2D eigenvalue weighted by Gasteiger charge is -1.99. The summed E-state index contributed by atoms with van der Waals surface area (Å²) in [6.45, 7) is 1.56. The summed E-state index contributed by atoms with van der Waals surface area (Å²) in [4.78, 5) is 14.3. The molecule has 3 nitrogen and oxygen atoms in total. The van der Waals surface area contributed by atoms with Crippen molar-refractivity contribution in [3.63, 3.8) is 0 Å². The minimum Gasteiger partial charge on any atom is -0.459 e. The van der Waals surface area contributed by atoms with E-state index in [1.165, 1.54) is 13.1 Å². The van der Waals surface area contributed by atoms with Gasteiger partial charge in [-0.05, 0) is 12.1 Å². The Kier molecular flexibility index (Phi) is 3.05. The van der Waals surface area contributed by atoms with E-state index in [1.54, 1.807) is 12.1 Å². The molecule has 0 bridgehead atoms. The van der Waals surface area contributed by atoms with Crippen LogP contribution in [0.3, 0.4) is 0 Å². The molecule has 1 aromatic heterocycles. The Morgan fingerprint density at radius 2 is 2.42 bits per heavy atom. The molecular weight excluding hydrogens is 178 g/mol. The number of halogens is 1. The average molecular weight is 186 g/mol. The number of rotatable bonds is 2. The Balaban J connectivity index is 2.53. The quantitative estimate of drug-likeness (QED) is 0.660. The number of esters is 1. The minimum absolute atomic E-state index is 0.201. The third-order valence-electron chi connectivity index (χ3n) is 1.21. The second-order valence-electron chi connectivity index (χ2n) is 2.25. The van der Waals surface area contributed by atoms with Crippen LogP contribution < -0.4 is 0 Å². The molecule has 64 valence electrons. The summed E-state index contributed by atoms with van der Waals surface area (Å²) in [5, 5.41) is 0.571. The fraction of sp³-hybridized carbons (Fsp3) is 0.250. The first kappa shape index (κ1) is 9.00. The van der Waals surface area contributed by atoms with E-state index in [4.69, 9.17) is 16.3 Å². The van der Waals surface area contributed by atoms with Crippen molar-refractivity contribution in [3.8, 4) is 0 Å². The van der Waals surface area contributed by atoms with Crippen LogP contribution in [-0.4, -0.2) is 11.0 Å². The summed E-state index contributed by atoms with van der Waals surface area (Å²) >= 11 is 5.60. The first-order valence-corrected chi connectivity index (χ1v) is 3.80. The maximum atomic E-state index is 10.4. The van der Waals surface area contributed by atoms with Crippen molar-refractivity contribution >= 4 is 17.6 Å². The average Bonchev–Trinajstić information content (AvgIpc) is 2.03. The van der Waals surface area contributed by atoms with E-state index in [-0.39, 0.29) is 12.6 Å². The van der Waals surface area contributed by atoms with E-state index < -0.39 is 0 Å². The molecule has 0 aliphatic carbocycles. The van der Waals surface area contributed by atoms with Gasteiger partial charge in [0.15, 0.2) is 0 Å². The highest BCUT2D eigenvalue weighted by atomic mass is 35.5. The molecule has 0 amide bonds. The SMILES string of the molecule is CC(=O)OCc1ccc(Cl)cn1. The molecule has 1 heterocycles. The zero-order valence-corrected chi connectivity index (χ0v) is 7.34. The normalized spacial score (nSPS) is 9.50. The highest BCUT2D eigenvalue weighted by Crippen LogP contribution is 2.06. The molecule has 0 aromatic carbocycles. The summed E-state index contributed by atoms with van der Waals surface area (Å²) in [6, 6.07) is 3.42. The van der Waals surface area contributed by atoms with Crippen LogP contribution in [0.1, 0.15) is 12.6 Å². The van der Waals surface area contributed by atoms with Crippen molar-refractivity contribution in [1.29, 1.82) is 0 Å². The molecule has 0 saturated carbocycles. The van der Waals surface area contributed by atoms with Crippen LogP contribution >= 0.6 is 11.6 Å². The minimum atomic E-state index is -0.313. The number of aromatic nitrogens is 1. The number of hydrogen-bond donors (Lipinski definition) is 0. The summed E-state index contributed by atoms with van der Waals surface area (Å²) in [6.07, 6.45) is 1.51. The van der Waals surface area contributed by atoms with Crippen molar-refractivity contribution in [2.24, 2.45) is 0 Å². The van der Waals surface area contributed by atoms with E-state index >= 15 is 0 Å². The zero-order valence-electron chi connectivity index (χ0n) is 6.58. The van der Waals surface area contributed by atoms with E-state index in [0.717, 1.165) is 0 Å². The molecule has 0 N–H and O–H groups in total. The molecule has 0 unspecified atom stereocenters. The van der Waals surface area contributed by atoms with Gasteiger partial charge >= 0.3 is 5.97 Å². The molecule has 4 heteroatoms. The Bertz CT molecular complexity index is 271. The van der Waals surface area contributed by atoms with Crippen molar-refractivity contribution < 1.29 is 9.53 Å². The third-order valence-corrected chi connectivity index (χ3v) is 1.44. The van der Waals surface area contributed by atoms with E-state index in [2.05, 4.69) is 4.98 Å². The monoisotopic (exact) mass is 185 g/mol. The third kappa shape index (κ3) is 2.88. The molecule has 0 aliphatic heterocycles. The number of carbonyl (C=O) groups is 1. The van der Waals surface area contributed by atoms with Crippen LogP contribution in [0, 0.1) is 0 Å². The molecule has 0 atom stereocenters. The molecule has 1 rings (SSSR count). The van der Waals surface area contributed by atoms with Crippen LogP contribution in [0.5, 0.6) is 0 Å². The van der Waals surface area contributed by atoms with Crippen molar-refractivity contribution in [2.45, 2.75) is 13.5 Å². The van der Waals surface area contributed by atoms with Gasteiger partial charge in [-0.2, -0.15) is 0 Å². The number of nitrogens with zero attached hydrogens (tertiary/aromatic N) is 1. The summed E-state index contributed by atoms with van der Waals surface area (Å²) in [7, 11) is 0. The lowest BCUT2D eigenvalue weighted by Crippen LogP contribution is -1.99. The van der Waals surface area contributed by atoms with Gasteiger partial charge in [0, 0.05) is 13.1 Å². The number of ether oxygens (including phenoxy) is 1. The second-order valence-corrected chi connectivity index (χ2v) is 2.68. The lowest BCUT2D eigenvalue weighted by atomic mass is 10.4. The summed E-state index contributed by atoms with van der Waals surface area (Å²) < 4.78 is 4.72. The Hall–Kier alpha value is -1.09. The Morgan fingerprint density at radius 1 is 1.67 bits per heavy atom. The van der Waals surface area contributed by atoms with Crippen LogP contribution in [-0.2, 0) is 16.1 Å². The predicted molar refractivity (Wildman–Crippen MR) is 44.7 cm³/mol. The summed E-state index contributed by atoms with van der Waals surface area (Å²) in [5.74, 6) is -0.313. The molecule has 12 heavy (non-hydrogen) atoms. The maximum absolute atomic E-state index is 10.4. The predicted octanol–water partition coefficient (Wildman–Crippen LogP) is 1.80. The van der Waals surface area contributed by atoms with Crippen molar-refractivity contribution in [3.05, 3.63) is 29.0 Å². The standard InChI is InChI=1S/C8H8ClNO2/c1-6(11)12-5-8-3-2-7(9)4-10-8/h2-4H,5H2,1H3. The van der Waals surface area contributed by atoms with Gasteiger partial charge in [-0.15, -0.1) is 0 Å².